The second-order valence-corrected chi connectivity index (χ2v) is 9.04. The lowest BCUT2D eigenvalue weighted by molar-refractivity contribution is -0.113. The molecule has 0 fully saturated rings. The first-order chi connectivity index (χ1) is 15.1. The highest BCUT2D eigenvalue weighted by atomic mass is 32.2. The predicted molar refractivity (Wildman–Crippen MR) is 126 cm³/mol. The van der Waals surface area contributed by atoms with Crippen LogP contribution < -0.4 is 5.32 Å². The topological polar surface area (TPSA) is 80.7 Å². The molecule has 2 heterocycles. The van der Waals surface area contributed by atoms with E-state index in [9.17, 15) is 4.79 Å². The number of carbonyl (C=O) groups excluding carboxylic acids is 1. The summed E-state index contributed by atoms with van der Waals surface area (Å²) in [6.45, 7) is 4.09. The van der Waals surface area contributed by atoms with Crippen molar-refractivity contribution in [1.29, 1.82) is 0 Å². The zero-order valence-electron chi connectivity index (χ0n) is 17.1. The number of anilines is 1. The Hall–Kier alpha value is -3.10. The van der Waals surface area contributed by atoms with Crippen molar-refractivity contribution in [3.63, 3.8) is 0 Å². The summed E-state index contributed by atoms with van der Waals surface area (Å²) in [5.41, 5.74) is 3.65. The van der Waals surface area contributed by atoms with Gasteiger partial charge >= 0.3 is 0 Å². The molecule has 2 aromatic carbocycles. The Labute approximate surface area is 189 Å². The average molecular weight is 448 g/mol. The van der Waals surface area contributed by atoms with Gasteiger partial charge in [-0.05, 0) is 6.07 Å². The summed E-state index contributed by atoms with van der Waals surface area (Å²) in [4.78, 5) is 21.8. The Morgan fingerprint density at radius 1 is 0.935 bits per heavy atom. The molecule has 0 radical (unpaired) electrons. The van der Waals surface area contributed by atoms with E-state index < -0.39 is 0 Å². The van der Waals surface area contributed by atoms with Crippen molar-refractivity contribution in [2.75, 3.05) is 11.1 Å². The largest absolute Gasteiger partial charge is 0.300 e. The Kier molecular flexibility index (Phi) is 6.69. The predicted octanol–water partition coefficient (Wildman–Crippen LogP) is 5.52. The molecule has 1 amide bonds. The van der Waals surface area contributed by atoms with Gasteiger partial charge in [-0.3, -0.25) is 10.1 Å². The zero-order chi connectivity index (χ0) is 21.6. The van der Waals surface area contributed by atoms with Gasteiger partial charge in [-0.15, -0.1) is 10.2 Å². The van der Waals surface area contributed by atoms with Crippen LogP contribution in [-0.4, -0.2) is 31.8 Å². The third kappa shape index (κ3) is 5.53. The van der Waals surface area contributed by atoms with Gasteiger partial charge in [0.1, 0.15) is 5.01 Å². The van der Waals surface area contributed by atoms with Gasteiger partial charge < -0.3 is 0 Å². The molecule has 4 rings (SSSR count). The van der Waals surface area contributed by atoms with Crippen LogP contribution in [0.25, 0.3) is 22.5 Å². The fourth-order valence-electron chi connectivity index (χ4n) is 2.81. The smallest absolute Gasteiger partial charge is 0.236 e. The van der Waals surface area contributed by atoms with Gasteiger partial charge in [-0.25, -0.2) is 9.97 Å². The summed E-state index contributed by atoms with van der Waals surface area (Å²) < 4.78 is 0. The fourth-order valence-corrected chi connectivity index (χ4v) is 4.23. The van der Waals surface area contributed by atoms with E-state index in [-0.39, 0.29) is 17.6 Å². The van der Waals surface area contributed by atoms with E-state index in [0.717, 1.165) is 27.5 Å². The maximum absolute atomic E-state index is 12.4. The minimum Gasteiger partial charge on any atom is -0.300 e. The van der Waals surface area contributed by atoms with Gasteiger partial charge in [-0.2, -0.15) is 0 Å². The van der Waals surface area contributed by atoms with Gasteiger partial charge in [0.05, 0.1) is 17.1 Å². The van der Waals surface area contributed by atoms with Gasteiger partial charge in [-0.1, -0.05) is 97.6 Å². The number of hydrogen-bond acceptors (Lipinski definition) is 7. The van der Waals surface area contributed by atoms with Crippen LogP contribution in [0.1, 0.15) is 24.8 Å². The van der Waals surface area contributed by atoms with Gasteiger partial charge in [0.15, 0.2) is 5.16 Å². The Morgan fingerprint density at radius 2 is 1.52 bits per heavy atom. The van der Waals surface area contributed by atoms with Crippen molar-refractivity contribution in [2.24, 2.45) is 0 Å². The Morgan fingerprint density at radius 3 is 2.03 bits per heavy atom. The molecule has 2 aromatic heterocycles. The number of hydrogen-bond donors (Lipinski definition) is 1. The minimum absolute atomic E-state index is 0.161. The van der Waals surface area contributed by atoms with Gasteiger partial charge in [0, 0.05) is 17.0 Å². The van der Waals surface area contributed by atoms with Gasteiger partial charge in [0.25, 0.3) is 0 Å². The number of carbonyl (C=O) groups is 1. The molecule has 0 aliphatic carbocycles. The molecule has 0 unspecified atom stereocenters. The molecule has 0 spiro atoms. The van der Waals surface area contributed by atoms with Crippen molar-refractivity contribution in [1.82, 2.24) is 20.2 Å². The number of aromatic nitrogens is 4. The molecular weight excluding hydrogens is 426 g/mol. The molecule has 156 valence electrons. The highest BCUT2D eigenvalue weighted by Crippen LogP contribution is 2.27. The summed E-state index contributed by atoms with van der Waals surface area (Å²) in [5, 5.41) is 12.9. The van der Waals surface area contributed by atoms with Crippen molar-refractivity contribution >= 4 is 34.1 Å². The second-order valence-electron chi connectivity index (χ2n) is 7.09. The first kappa shape index (κ1) is 21.1. The van der Waals surface area contributed by atoms with Crippen LogP contribution in [0.2, 0.25) is 0 Å². The maximum Gasteiger partial charge on any atom is 0.236 e. The molecule has 0 aliphatic rings. The normalized spacial score (nSPS) is 10.9. The maximum atomic E-state index is 12.4. The summed E-state index contributed by atoms with van der Waals surface area (Å²) in [6.07, 6.45) is 0. The Balaban J connectivity index is 1.53. The summed E-state index contributed by atoms with van der Waals surface area (Å²) in [7, 11) is 0. The van der Waals surface area contributed by atoms with Crippen LogP contribution in [-0.2, 0) is 4.79 Å². The molecule has 1 N–H and O–H groups in total. The lowest BCUT2D eigenvalue weighted by Gasteiger charge is -2.08. The highest BCUT2D eigenvalue weighted by Gasteiger charge is 2.13. The molecule has 6 nitrogen and oxygen atoms in total. The van der Waals surface area contributed by atoms with E-state index in [1.54, 1.807) is 0 Å². The summed E-state index contributed by atoms with van der Waals surface area (Å²) >= 11 is 2.70. The van der Waals surface area contributed by atoms with Crippen molar-refractivity contribution < 1.29 is 4.79 Å². The van der Waals surface area contributed by atoms with E-state index in [0.29, 0.717) is 10.3 Å². The molecule has 0 saturated heterocycles. The Bertz CT molecular complexity index is 1110. The molecule has 0 bridgehead atoms. The van der Waals surface area contributed by atoms with Crippen LogP contribution >= 0.6 is 23.1 Å². The van der Waals surface area contributed by atoms with Crippen LogP contribution in [0.15, 0.2) is 71.9 Å². The number of benzene rings is 2. The second kappa shape index (κ2) is 9.80. The third-order valence-corrected chi connectivity index (χ3v) is 6.34. The molecule has 31 heavy (non-hydrogen) atoms. The molecule has 0 aliphatic heterocycles. The fraction of sp³-hybridized carbons (Fsp3) is 0.174. The lowest BCUT2D eigenvalue weighted by atomic mass is 10.1. The van der Waals surface area contributed by atoms with Gasteiger partial charge in [0.2, 0.25) is 11.0 Å². The number of thioether (sulfide) groups is 1. The number of nitrogens with one attached hydrogen (secondary N) is 1. The van der Waals surface area contributed by atoms with E-state index in [2.05, 4.69) is 25.5 Å². The van der Waals surface area contributed by atoms with E-state index in [1.807, 2.05) is 80.6 Å². The zero-order valence-corrected chi connectivity index (χ0v) is 18.8. The third-order valence-electron chi connectivity index (χ3n) is 4.36. The van der Waals surface area contributed by atoms with Crippen LogP contribution in [0.4, 0.5) is 5.13 Å². The standard InChI is InChI=1S/C23H21N5OS2/c1-15(2)21-27-28-23(31-21)26-20(29)14-30-22-24-18(16-9-5-3-6-10-16)13-19(25-22)17-11-7-4-8-12-17/h3-13,15H,14H2,1-2H3,(H,26,28,29). The van der Waals surface area contributed by atoms with Crippen LogP contribution in [0.3, 0.4) is 0 Å². The van der Waals surface area contributed by atoms with Crippen molar-refractivity contribution in [3.05, 3.63) is 71.7 Å². The monoisotopic (exact) mass is 447 g/mol. The van der Waals surface area contributed by atoms with Crippen molar-refractivity contribution in [2.45, 2.75) is 24.9 Å². The first-order valence-corrected chi connectivity index (χ1v) is 11.6. The number of nitrogens with zero attached hydrogens (tertiary/aromatic N) is 4. The summed E-state index contributed by atoms with van der Waals surface area (Å²) in [5.74, 6) is 0.303. The van der Waals surface area contributed by atoms with Crippen molar-refractivity contribution in [3.8, 4) is 22.5 Å². The molecule has 4 aromatic rings. The molecule has 8 heteroatoms. The minimum atomic E-state index is -0.161. The number of rotatable bonds is 7. The van der Waals surface area contributed by atoms with Crippen LogP contribution in [0.5, 0.6) is 0 Å². The molecule has 0 atom stereocenters. The highest BCUT2D eigenvalue weighted by molar-refractivity contribution is 7.99. The van der Waals surface area contributed by atoms with E-state index >= 15 is 0 Å². The lowest BCUT2D eigenvalue weighted by Crippen LogP contribution is -2.14. The average Bonchev–Trinajstić information content (AvgIpc) is 3.27. The van der Waals surface area contributed by atoms with E-state index in [1.165, 1.54) is 23.1 Å². The van der Waals surface area contributed by atoms with E-state index in [4.69, 9.17) is 0 Å². The quantitative estimate of drug-likeness (QED) is 0.297. The molecule has 0 saturated carbocycles. The number of amides is 1. The first-order valence-electron chi connectivity index (χ1n) is 9.84. The SMILES string of the molecule is CC(C)c1nnc(NC(=O)CSc2nc(-c3ccccc3)cc(-c3ccccc3)n2)s1. The van der Waals surface area contributed by atoms with Crippen LogP contribution in [0, 0.1) is 0 Å². The summed E-state index contributed by atoms with van der Waals surface area (Å²) in [6, 6.07) is 21.9. The molecular formula is C23H21N5OS2.